The molecule has 144 valence electrons. The molecule has 9 heteroatoms. The number of para-hydroxylation sites is 1. The largest absolute Gasteiger partial charge is 0.491 e. The Bertz CT molecular complexity index is 787. The summed E-state index contributed by atoms with van der Waals surface area (Å²) in [6, 6.07) is 16.2. The Morgan fingerprint density at radius 2 is 1.52 bits per heavy atom. The van der Waals surface area contributed by atoms with E-state index in [1.165, 1.54) is 0 Å². The van der Waals surface area contributed by atoms with Crippen molar-refractivity contribution < 1.29 is 42.1 Å². The van der Waals surface area contributed by atoms with Gasteiger partial charge < -0.3 is 14.6 Å². The van der Waals surface area contributed by atoms with Crippen LogP contribution in [0.1, 0.15) is 22.8 Å². The molecule has 0 spiro atoms. The molecule has 0 radical (unpaired) electrons. The van der Waals surface area contributed by atoms with Crippen LogP contribution in [0.2, 0.25) is 0 Å². The maximum atomic E-state index is 11.2. The van der Waals surface area contributed by atoms with Crippen molar-refractivity contribution in [3.63, 3.8) is 0 Å². The van der Waals surface area contributed by atoms with E-state index in [4.69, 9.17) is 9.84 Å². The molecule has 6 nitrogen and oxygen atoms in total. The van der Waals surface area contributed by atoms with Gasteiger partial charge in [-0.1, -0.05) is 36.4 Å². The van der Waals surface area contributed by atoms with E-state index in [0.717, 1.165) is 5.75 Å². The molecule has 0 aliphatic rings. The first-order valence-corrected chi connectivity index (χ1v) is 7.40. The molecule has 0 aromatic heterocycles. The van der Waals surface area contributed by atoms with Crippen LogP contribution in [0.4, 0.5) is 13.2 Å². The van der Waals surface area contributed by atoms with Crippen LogP contribution in [0.15, 0.2) is 54.6 Å². The summed E-state index contributed by atoms with van der Waals surface area (Å²) >= 11 is 0. The van der Waals surface area contributed by atoms with Crippen molar-refractivity contribution in [3.8, 4) is 5.75 Å². The van der Waals surface area contributed by atoms with E-state index in [1.807, 2.05) is 30.3 Å². The fraction of sp³-hybridized carbons (Fsp3) is 0.167. The fourth-order valence-corrected chi connectivity index (χ4v) is 1.72. The summed E-state index contributed by atoms with van der Waals surface area (Å²) in [4.78, 5) is 30.4. The number of esters is 2. The first kappa shape index (κ1) is 21.7. The Kier molecular flexibility index (Phi) is 7.99. The van der Waals surface area contributed by atoms with Gasteiger partial charge in [0, 0.05) is 12.5 Å². The fourth-order valence-electron chi connectivity index (χ4n) is 1.72. The van der Waals surface area contributed by atoms with E-state index < -0.39 is 24.1 Å². The molecule has 0 aliphatic carbocycles. The minimum absolute atomic E-state index is 0.256. The molecule has 1 N–H and O–H groups in total. The van der Waals surface area contributed by atoms with Gasteiger partial charge in [-0.3, -0.25) is 4.79 Å². The second-order valence-corrected chi connectivity index (χ2v) is 4.94. The lowest BCUT2D eigenvalue weighted by molar-refractivity contribution is -0.201. The molecule has 0 saturated heterocycles. The molecule has 27 heavy (non-hydrogen) atoms. The highest BCUT2D eigenvalue weighted by Gasteiger charge is 2.41. The number of halogens is 3. The highest BCUT2D eigenvalue weighted by atomic mass is 19.4. The quantitative estimate of drug-likeness (QED) is 0.640. The van der Waals surface area contributed by atoms with E-state index >= 15 is 0 Å². The van der Waals surface area contributed by atoms with Crippen LogP contribution in [-0.2, 0) is 20.9 Å². The Balaban J connectivity index is 0.000000314. The predicted octanol–water partition coefficient (Wildman–Crippen LogP) is 3.60. The van der Waals surface area contributed by atoms with E-state index in [0.29, 0.717) is 12.5 Å². The van der Waals surface area contributed by atoms with Gasteiger partial charge in [-0.2, -0.15) is 13.2 Å². The molecule has 2 aromatic carbocycles. The normalized spacial score (nSPS) is 10.2. The number of rotatable bonds is 4. The topological polar surface area (TPSA) is 89.9 Å². The number of hydrogen-bond donors (Lipinski definition) is 1. The molecular formula is C18H15F3O6. The smallest absolute Gasteiger partial charge is 0.489 e. The first-order valence-electron chi connectivity index (χ1n) is 7.40. The highest BCUT2D eigenvalue weighted by Crippen LogP contribution is 2.16. The van der Waals surface area contributed by atoms with Gasteiger partial charge in [0.1, 0.15) is 12.4 Å². The zero-order chi connectivity index (χ0) is 20.4. The molecule has 0 fully saturated rings. The maximum absolute atomic E-state index is 11.2. The summed E-state index contributed by atoms with van der Waals surface area (Å²) < 4.78 is 42.3. The van der Waals surface area contributed by atoms with Crippen LogP contribution in [0.3, 0.4) is 0 Å². The molecule has 2 aromatic rings. The van der Waals surface area contributed by atoms with Crippen LogP contribution in [-0.4, -0.2) is 29.2 Å². The van der Waals surface area contributed by atoms with Crippen LogP contribution in [0, 0.1) is 0 Å². The number of carboxylic acids is 1. The number of ether oxygens (including phenoxy) is 2. The average Bonchev–Trinajstić information content (AvgIpc) is 2.60. The maximum Gasteiger partial charge on any atom is 0.491 e. The van der Waals surface area contributed by atoms with Crippen molar-refractivity contribution in [2.45, 2.75) is 19.7 Å². The third kappa shape index (κ3) is 8.04. The highest BCUT2D eigenvalue weighted by molar-refractivity contribution is 5.89. The number of carboxylic acid groups (broad SMARTS) is 1. The van der Waals surface area contributed by atoms with Crippen molar-refractivity contribution >= 4 is 17.9 Å². The van der Waals surface area contributed by atoms with Gasteiger partial charge in [0.2, 0.25) is 0 Å². The standard InChI is InChI=1S/C14H12O3.C4H3F3O3/c15-14(16)13-9-5-4-6-11(13)10-17-12-7-2-1-3-8-12;1-2(8)10-3(9)4(5,6)7/h1-9H,10H2,(H,15,16);1H3. The van der Waals surface area contributed by atoms with Crippen LogP contribution < -0.4 is 4.74 Å². The Morgan fingerprint density at radius 1 is 0.963 bits per heavy atom. The summed E-state index contributed by atoms with van der Waals surface area (Å²) in [6.07, 6.45) is -5.09. The predicted molar refractivity (Wildman–Crippen MR) is 87.0 cm³/mol. The van der Waals surface area contributed by atoms with Crippen LogP contribution in [0.5, 0.6) is 5.75 Å². The number of carbonyl (C=O) groups is 3. The number of aromatic carboxylic acids is 1. The van der Waals surface area contributed by atoms with Crippen molar-refractivity contribution in [1.29, 1.82) is 0 Å². The number of alkyl halides is 3. The minimum atomic E-state index is -5.09. The van der Waals surface area contributed by atoms with Gasteiger partial charge in [-0.05, 0) is 18.2 Å². The van der Waals surface area contributed by atoms with Crippen molar-refractivity contribution in [2.24, 2.45) is 0 Å². The second-order valence-electron chi connectivity index (χ2n) is 4.94. The van der Waals surface area contributed by atoms with Gasteiger partial charge >= 0.3 is 24.1 Å². The molecule has 2 rings (SSSR count). The molecule has 0 aliphatic heterocycles. The molecule has 0 amide bonds. The summed E-state index contributed by atoms with van der Waals surface area (Å²) in [5.41, 5.74) is 0.951. The monoisotopic (exact) mass is 384 g/mol. The Morgan fingerprint density at radius 3 is 2.00 bits per heavy atom. The van der Waals surface area contributed by atoms with Gasteiger partial charge in [-0.25, -0.2) is 9.59 Å². The lowest BCUT2D eigenvalue weighted by Gasteiger charge is -2.08. The Labute approximate surface area is 152 Å². The third-order valence-electron chi connectivity index (χ3n) is 2.85. The number of carbonyl (C=O) groups excluding carboxylic acids is 2. The number of hydrogen-bond acceptors (Lipinski definition) is 5. The summed E-state index contributed by atoms with van der Waals surface area (Å²) in [5.74, 6) is -3.97. The third-order valence-corrected chi connectivity index (χ3v) is 2.85. The molecule has 0 atom stereocenters. The van der Waals surface area contributed by atoms with Crippen molar-refractivity contribution in [3.05, 3.63) is 65.7 Å². The van der Waals surface area contributed by atoms with E-state index in [1.54, 1.807) is 24.3 Å². The summed E-state index contributed by atoms with van der Waals surface area (Å²) in [7, 11) is 0. The van der Waals surface area contributed by atoms with Crippen molar-refractivity contribution in [2.75, 3.05) is 0 Å². The minimum Gasteiger partial charge on any atom is -0.489 e. The zero-order valence-electron chi connectivity index (χ0n) is 14.0. The summed E-state index contributed by atoms with van der Waals surface area (Å²) in [5, 5.41) is 9.01. The Hall–Kier alpha value is -3.36. The van der Waals surface area contributed by atoms with E-state index in [-0.39, 0.29) is 12.2 Å². The molecule has 0 saturated carbocycles. The van der Waals surface area contributed by atoms with E-state index in [9.17, 15) is 27.6 Å². The van der Waals surface area contributed by atoms with Crippen LogP contribution in [0.25, 0.3) is 0 Å². The second kappa shape index (κ2) is 9.95. The van der Waals surface area contributed by atoms with Crippen LogP contribution >= 0.6 is 0 Å². The van der Waals surface area contributed by atoms with Gasteiger partial charge in [0.05, 0.1) is 5.56 Å². The average molecular weight is 384 g/mol. The summed E-state index contributed by atoms with van der Waals surface area (Å²) in [6.45, 7) is 0.968. The van der Waals surface area contributed by atoms with Gasteiger partial charge in [0.25, 0.3) is 0 Å². The SMILES string of the molecule is CC(=O)OC(=O)C(F)(F)F.O=C(O)c1ccccc1COc1ccccc1. The van der Waals surface area contributed by atoms with Crippen molar-refractivity contribution in [1.82, 2.24) is 0 Å². The van der Waals surface area contributed by atoms with Gasteiger partial charge in [0.15, 0.2) is 0 Å². The molecule has 0 bridgehead atoms. The first-order chi connectivity index (χ1) is 12.6. The molecular weight excluding hydrogens is 369 g/mol. The van der Waals surface area contributed by atoms with E-state index in [2.05, 4.69) is 4.74 Å². The lowest BCUT2D eigenvalue weighted by Crippen LogP contribution is -2.26. The molecule has 0 heterocycles. The number of benzene rings is 2. The lowest BCUT2D eigenvalue weighted by atomic mass is 10.1. The zero-order valence-corrected chi connectivity index (χ0v) is 14.0. The molecule has 0 unspecified atom stereocenters. The van der Waals surface area contributed by atoms with Gasteiger partial charge in [-0.15, -0.1) is 0 Å².